The number of thiophene rings is 1. The van der Waals surface area contributed by atoms with Gasteiger partial charge in [-0.25, -0.2) is 0 Å². The van der Waals surface area contributed by atoms with Crippen LogP contribution in [0.3, 0.4) is 0 Å². The maximum absolute atomic E-state index is 2.47. The highest BCUT2D eigenvalue weighted by molar-refractivity contribution is 7.26. The van der Waals surface area contributed by atoms with Crippen molar-refractivity contribution >= 4 is 70.4 Å². The molecule has 0 aliphatic heterocycles. The molecule has 0 aliphatic rings. The van der Waals surface area contributed by atoms with Crippen LogP contribution in [0.2, 0.25) is 0 Å². The van der Waals surface area contributed by atoms with E-state index in [0.717, 1.165) is 17.1 Å². The van der Waals surface area contributed by atoms with E-state index in [9.17, 15) is 0 Å². The van der Waals surface area contributed by atoms with Gasteiger partial charge >= 0.3 is 0 Å². The average Bonchev–Trinajstić information content (AvgIpc) is 3.84. The molecule has 0 bridgehead atoms. The van der Waals surface area contributed by atoms with E-state index in [1.807, 2.05) is 11.3 Å². The van der Waals surface area contributed by atoms with Gasteiger partial charge in [0.1, 0.15) is 0 Å². The number of fused-ring (bicyclic) bond motifs is 6. The molecule has 274 valence electrons. The zero-order valence-corrected chi connectivity index (χ0v) is 32.8. The quantitative estimate of drug-likeness (QED) is 0.157. The van der Waals surface area contributed by atoms with Crippen molar-refractivity contribution in [3.63, 3.8) is 0 Å². The SMILES string of the molecule is Cc1cccc(N(c2ccc(-c3ccccc3)c(-c3ccccc3)c2)c2ccc(-c3ccccc3-n3c4ccccc4c4ccccc43)c3sc4ccccc4c23)c1. The second-order valence-corrected chi connectivity index (χ2v) is 16.0. The molecule has 0 atom stereocenters. The second kappa shape index (κ2) is 14.1. The number of nitrogens with zero attached hydrogens (tertiary/aromatic N) is 2. The fourth-order valence-corrected chi connectivity index (χ4v) is 10.1. The minimum absolute atomic E-state index is 1.11. The third-order valence-electron chi connectivity index (χ3n) is 11.5. The van der Waals surface area contributed by atoms with Crippen LogP contribution >= 0.6 is 11.3 Å². The number of hydrogen-bond acceptors (Lipinski definition) is 2. The molecule has 11 aromatic rings. The molecule has 3 heteroatoms. The van der Waals surface area contributed by atoms with E-state index >= 15 is 0 Å². The maximum Gasteiger partial charge on any atom is 0.0555 e. The van der Waals surface area contributed by atoms with Gasteiger partial charge in [0.15, 0.2) is 0 Å². The van der Waals surface area contributed by atoms with Crippen LogP contribution < -0.4 is 4.90 Å². The Balaban J connectivity index is 1.18. The Morgan fingerprint density at radius 3 is 1.72 bits per heavy atom. The molecule has 0 radical (unpaired) electrons. The van der Waals surface area contributed by atoms with Gasteiger partial charge in [0, 0.05) is 53.4 Å². The molecule has 0 N–H and O–H groups in total. The Morgan fingerprint density at radius 1 is 0.414 bits per heavy atom. The number of para-hydroxylation sites is 3. The Morgan fingerprint density at radius 2 is 1.00 bits per heavy atom. The molecule has 0 spiro atoms. The van der Waals surface area contributed by atoms with E-state index in [0.29, 0.717) is 0 Å². The van der Waals surface area contributed by atoms with Crippen molar-refractivity contribution in [1.29, 1.82) is 0 Å². The van der Waals surface area contributed by atoms with Gasteiger partial charge < -0.3 is 9.47 Å². The van der Waals surface area contributed by atoms with E-state index in [1.54, 1.807) is 0 Å². The lowest BCUT2D eigenvalue weighted by molar-refractivity contribution is 1.18. The maximum atomic E-state index is 2.47. The number of anilines is 3. The standard InChI is InChI=1S/C55H38N2S/c1-37-17-16-22-40(35-37)56(41-31-32-42(38-18-4-2-5-19-38)48(36-41)39-20-6-3-7-21-39)52-34-33-46(55-54(52)47-26-11-15-30-53(47)58-55)45-25-10-14-29-51(45)57-49-27-12-8-23-43(49)44-24-9-13-28-50(44)57/h2-36H,1H3. The van der Waals surface area contributed by atoms with Gasteiger partial charge in [0.2, 0.25) is 0 Å². The predicted octanol–water partition coefficient (Wildman–Crippen LogP) is 15.9. The summed E-state index contributed by atoms with van der Waals surface area (Å²) in [6.45, 7) is 2.18. The number of rotatable bonds is 7. The molecule has 0 fully saturated rings. The molecule has 9 aromatic carbocycles. The molecule has 0 saturated heterocycles. The Bertz CT molecular complexity index is 3250. The summed E-state index contributed by atoms with van der Waals surface area (Å²) in [4.78, 5) is 2.47. The van der Waals surface area contributed by atoms with Crippen LogP contribution in [-0.2, 0) is 0 Å². The van der Waals surface area contributed by atoms with Gasteiger partial charge in [0.25, 0.3) is 0 Å². The first-order chi connectivity index (χ1) is 28.7. The molecule has 11 rings (SSSR count). The van der Waals surface area contributed by atoms with Crippen molar-refractivity contribution in [3.8, 4) is 39.1 Å². The van der Waals surface area contributed by atoms with E-state index in [4.69, 9.17) is 0 Å². The van der Waals surface area contributed by atoms with Crippen LogP contribution in [0.1, 0.15) is 5.56 Å². The molecule has 2 nitrogen and oxygen atoms in total. The lowest BCUT2D eigenvalue weighted by atomic mass is 9.93. The van der Waals surface area contributed by atoms with E-state index < -0.39 is 0 Å². The van der Waals surface area contributed by atoms with Gasteiger partial charge in [-0.15, -0.1) is 11.3 Å². The highest BCUT2D eigenvalue weighted by Crippen LogP contribution is 2.50. The van der Waals surface area contributed by atoms with Gasteiger partial charge in [-0.05, 0) is 89.3 Å². The van der Waals surface area contributed by atoms with Gasteiger partial charge in [-0.1, -0.05) is 158 Å². The van der Waals surface area contributed by atoms with Crippen molar-refractivity contribution in [2.75, 3.05) is 4.90 Å². The monoisotopic (exact) mass is 758 g/mol. The summed E-state index contributed by atoms with van der Waals surface area (Å²) in [5, 5.41) is 5.04. The molecule has 0 saturated carbocycles. The number of hydrogen-bond donors (Lipinski definition) is 0. The van der Waals surface area contributed by atoms with Crippen LogP contribution in [0.4, 0.5) is 17.1 Å². The summed E-state index contributed by atoms with van der Waals surface area (Å²) in [5.74, 6) is 0. The summed E-state index contributed by atoms with van der Waals surface area (Å²) < 4.78 is 4.99. The zero-order chi connectivity index (χ0) is 38.6. The smallest absolute Gasteiger partial charge is 0.0555 e. The van der Waals surface area contributed by atoms with E-state index in [-0.39, 0.29) is 0 Å². The molecule has 0 amide bonds. The van der Waals surface area contributed by atoms with Crippen molar-refractivity contribution < 1.29 is 0 Å². The van der Waals surface area contributed by atoms with Crippen LogP contribution in [-0.4, -0.2) is 4.57 Å². The highest BCUT2D eigenvalue weighted by Gasteiger charge is 2.24. The zero-order valence-electron chi connectivity index (χ0n) is 32.0. The molecule has 2 aromatic heterocycles. The fraction of sp³-hybridized carbons (Fsp3) is 0.0182. The Kier molecular flexibility index (Phi) is 8.27. The van der Waals surface area contributed by atoms with E-state index in [2.05, 4.69) is 229 Å². The van der Waals surface area contributed by atoms with Crippen molar-refractivity contribution in [3.05, 3.63) is 218 Å². The van der Waals surface area contributed by atoms with Crippen LogP contribution in [0.5, 0.6) is 0 Å². The molecule has 0 unspecified atom stereocenters. The number of benzene rings is 9. The highest BCUT2D eigenvalue weighted by atomic mass is 32.1. The lowest BCUT2D eigenvalue weighted by Gasteiger charge is -2.28. The van der Waals surface area contributed by atoms with Gasteiger partial charge in [0.05, 0.1) is 22.4 Å². The third-order valence-corrected chi connectivity index (χ3v) is 12.7. The van der Waals surface area contributed by atoms with Crippen molar-refractivity contribution in [2.24, 2.45) is 0 Å². The second-order valence-electron chi connectivity index (χ2n) is 15.0. The van der Waals surface area contributed by atoms with E-state index in [1.165, 1.54) is 86.6 Å². The average molecular weight is 759 g/mol. The molecule has 0 aliphatic carbocycles. The summed E-state index contributed by atoms with van der Waals surface area (Å²) in [6, 6.07) is 77.5. The van der Waals surface area contributed by atoms with Gasteiger partial charge in [-0.2, -0.15) is 0 Å². The molecular weight excluding hydrogens is 721 g/mol. The molecule has 58 heavy (non-hydrogen) atoms. The first-order valence-corrected chi connectivity index (χ1v) is 20.7. The first-order valence-electron chi connectivity index (χ1n) is 19.9. The largest absolute Gasteiger partial charge is 0.310 e. The first kappa shape index (κ1) is 34.1. The van der Waals surface area contributed by atoms with Crippen molar-refractivity contribution in [2.45, 2.75) is 6.92 Å². The lowest BCUT2D eigenvalue weighted by Crippen LogP contribution is -2.11. The summed E-state index contributed by atoms with van der Waals surface area (Å²) >= 11 is 1.89. The number of aryl methyl sites for hydroxylation is 1. The molecular formula is C55H38N2S. The third kappa shape index (κ3) is 5.62. The minimum atomic E-state index is 1.11. The normalized spacial score (nSPS) is 11.5. The summed E-state index contributed by atoms with van der Waals surface area (Å²) in [6.07, 6.45) is 0. The van der Waals surface area contributed by atoms with Crippen LogP contribution in [0, 0.1) is 6.92 Å². The van der Waals surface area contributed by atoms with Crippen molar-refractivity contribution in [1.82, 2.24) is 4.57 Å². The Hall–Kier alpha value is -7.20. The van der Waals surface area contributed by atoms with Crippen LogP contribution in [0.25, 0.3) is 81.0 Å². The predicted molar refractivity (Wildman–Crippen MR) is 249 cm³/mol. The molecule has 2 heterocycles. The van der Waals surface area contributed by atoms with Crippen LogP contribution in [0.15, 0.2) is 212 Å². The topological polar surface area (TPSA) is 8.17 Å². The van der Waals surface area contributed by atoms with Gasteiger partial charge in [-0.3, -0.25) is 0 Å². The minimum Gasteiger partial charge on any atom is -0.310 e. The number of aromatic nitrogens is 1. The Labute approximate surface area is 342 Å². The summed E-state index contributed by atoms with van der Waals surface area (Å²) in [7, 11) is 0. The summed E-state index contributed by atoms with van der Waals surface area (Å²) in [5.41, 5.74) is 15.4. The fourth-order valence-electron chi connectivity index (χ4n) is 8.88.